The third kappa shape index (κ3) is 5.24. The molecule has 0 unspecified atom stereocenters. The zero-order chi connectivity index (χ0) is 21.6. The minimum absolute atomic E-state index is 0.0745. The van der Waals surface area contributed by atoms with Gasteiger partial charge in [0, 0.05) is 25.2 Å². The van der Waals surface area contributed by atoms with Gasteiger partial charge in [0.05, 0.1) is 25.4 Å². The van der Waals surface area contributed by atoms with Crippen LogP contribution in [0.25, 0.3) is 10.8 Å². The number of amides is 1. The summed E-state index contributed by atoms with van der Waals surface area (Å²) in [5.74, 6) is 0.697. The molecule has 0 bridgehead atoms. The second-order valence-electron chi connectivity index (χ2n) is 8.13. The van der Waals surface area contributed by atoms with Crippen LogP contribution in [-0.4, -0.2) is 49.8 Å². The molecule has 31 heavy (non-hydrogen) atoms. The van der Waals surface area contributed by atoms with Gasteiger partial charge < -0.3 is 14.8 Å². The van der Waals surface area contributed by atoms with E-state index in [4.69, 9.17) is 9.47 Å². The van der Waals surface area contributed by atoms with E-state index in [-0.39, 0.29) is 18.1 Å². The second-order valence-corrected chi connectivity index (χ2v) is 8.13. The zero-order valence-electron chi connectivity index (χ0n) is 18.2. The van der Waals surface area contributed by atoms with Crippen molar-refractivity contribution in [3.8, 4) is 5.75 Å². The number of carbonyl (C=O) groups is 1. The lowest BCUT2D eigenvalue weighted by Crippen LogP contribution is -2.43. The first-order chi connectivity index (χ1) is 15.1. The van der Waals surface area contributed by atoms with Crippen molar-refractivity contribution >= 4 is 16.7 Å². The van der Waals surface area contributed by atoms with E-state index < -0.39 is 0 Å². The average molecular weight is 419 g/mol. The van der Waals surface area contributed by atoms with Gasteiger partial charge in [-0.15, -0.1) is 0 Å². The molecule has 5 nitrogen and oxygen atoms in total. The monoisotopic (exact) mass is 418 g/mol. The molecule has 0 aliphatic carbocycles. The molecule has 1 amide bonds. The van der Waals surface area contributed by atoms with E-state index in [1.54, 1.807) is 0 Å². The molecule has 1 aliphatic heterocycles. The summed E-state index contributed by atoms with van der Waals surface area (Å²) in [6.45, 7) is 7.64. The van der Waals surface area contributed by atoms with Crippen molar-refractivity contribution in [1.29, 1.82) is 0 Å². The van der Waals surface area contributed by atoms with Crippen molar-refractivity contribution in [1.82, 2.24) is 10.2 Å². The molecule has 0 aromatic heterocycles. The van der Waals surface area contributed by atoms with Gasteiger partial charge in [-0.1, -0.05) is 42.5 Å². The van der Waals surface area contributed by atoms with Crippen LogP contribution in [0.1, 0.15) is 35.8 Å². The Kier molecular flexibility index (Phi) is 6.85. The van der Waals surface area contributed by atoms with Gasteiger partial charge in [-0.3, -0.25) is 9.69 Å². The first kappa shape index (κ1) is 21.3. The maximum absolute atomic E-state index is 12.9. The average Bonchev–Trinajstić information content (AvgIpc) is 2.80. The van der Waals surface area contributed by atoms with Crippen LogP contribution >= 0.6 is 0 Å². The van der Waals surface area contributed by atoms with Crippen molar-refractivity contribution in [2.75, 3.05) is 32.8 Å². The smallest absolute Gasteiger partial charge is 0.251 e. The van der Waals surface area contributed by atoms with Gasteiger partial charge in [-0.25, -0.2) is 0 Å². The van der Waals surface area contributed by atoms with Gasteiger partial charge in [0.2, 0.25) is 0 Å². The summed E-state index contributed by atoms with van der Waals surface area (Å²) >= 11 is 0. The Balaban J connectivity index is 1.53. The molecule has 4 rings (SSSR count). The molecule has 5 heteroatoms. The molecular weight excluding hydrogens is 388 g/mol. The molecule has 0 radical (unpaired) electrons. The molecular formula is C26H30N2O3. The van der Waals surface area contributed by atoms with Gasteiger partial charge in [-0.2, -0.15) is 0 Å². The number of carbonyl (C=O) groups excluding carboxylic acids is 1. The highest BCUT2D eigenvalue weighted by molar-refractivity contribution is 5.94. The van der Waals surface area contributed by atoms with Crippen molar-refractivity contribution in [2.24, 2.45) is 0 Å². The SMILES string of the molecule is CC(C)Oc1ccc(C(=O)NC[C@@H](c2cccc3ccccc23)N2CCOCC2)cc1. The quantitative estimate of drug-likeness (QED) is 0.617. The highest BCUT2D eigenvalue weighted by Gasteiger charge is 2.24. The number of rotatable bonds is 7. The molecule has 0 saturated carbocycles. The maximum atomic E-state index is 12.9. The standard InChI is InChI=1S/C26H30N2O3/c1-19(2)31-22-12-10-21(11-13-22)26(29)27-18-25(28-14-16-30-17-15-28)24-9-5-7-20-6-3-4-8-23(20)24/h3-13,19,25H,14-18H2,1-2H3,(H,27,29)/t25-/m0/s1. The van der Waals surface area contributed by atoms with E-state index in [0.717, 1.165) is 18.8 Å². The van der Waals surface area contributed by atoms with E-state index in [1.165, 1.54) is 16.3 Å². The van der Waals surface area contributed by atoms with Crippen molar-refractivity contribution in [2.45, 2.75) is 26.0 Å². The molecule has 162 valence electrons. The molecule has 1 fully saturated rings. The minimum Gasteiger partial charge on any atom is -0.491 e. The first-order valence-electron chi connectivity index (χ1n) is 11.0. The van der Waals surface area contributed by atoms with Crippen LogP contribution in [0.5, 0.6) is 5.75 Å². The number of hydrogen-bond donors (Lipinski definition) is 1. The third-order valence-corrected chi connectivity index (χ3v) is 5.61. The van der Waals surface area contributed by atoms with Crippen LogP contribution < -0.4 is 10.1 Å². The number of hydrogen-bond acceptors (Lipinski definition) is 4. The zero-order valence-corrected chi connectivity index (χ0v) is 18.2. The summed E-state index contributed by atoms with van der Waals surface area (Å²) in [5.41, 5.74) is 1.87. The Hall–Kier alpha value is -2.89. The van der Waals surface area contributed by atoms with E-state index in [0.29, 0.717) is 25.3 Å². The van der Waals surface area contributed by atoms with Crippen LogP contribution in [0.3, 0.4) is 0 Å². The van der Waals surface area contributed by atoms with Crippen molar-refractivity contribution in [3.63, 3.8) is 0 Å². The number of nitrogens with zero attached hydrogens (tertiary/aromatic N) is 1. The Morgan fingerprint density at radius 3 is 2.45 bits per heavy atom. The van der Waals surface area contributed by atoms with Crippen molar-refractivity contribution in [3.05, 3.63) is 77.9 Å². The lowest BCUT2D eigenvalue weighted by atomic mass is 9.97. The number of benzene rings is 3. The third-order valence-electron chi connectivity index (χ3n) is 5.61. The van der Waals surface area contributed by atoms with E-state index in [2.05, 4.69) is 52.7 Å². The number of fused-ring (bicyclic) bond motifs is 1. The van der Waals surface area contributed by atoms with Crippen LogP contribution in [0, 0.1) is 0 Å². The second kappa shape index (κ2) is 9.94. The molecule has 1 atom stereocenters. The molecule has 1 aliphatic rings. The van der Waals surface area contributed by atoms with E-state index in [9.17, 15) is 4.79 Å². The van der Waals surface area contributed by atoms with Gasteiger partial charge in [0.25, 0.3) is 5.91 Å². The number of nitrogens with one attached hydrogen (secondary N) is 1. The van der Waals surface area contributed by atoms with Gasteiger partial charge in [0.15, 0.2) is 0 Å². The number of morpholine rings is 1. The highest BCUT2D eigenvalue weighted by atomic mass is 16.5. The number of ether oxygens (including phenoxy) is 2. The van der Waals surface area contributed by atoms with E-state index in [1.807, 2.05) is 38.1 Å². The molecule has 1 N–H and O–H groups in total. The Morgan fingerprint density at radius 2 is 1.71 bits per heavy atom. The Morgan fingerprint density at radius 1 is 1.00 bits per heavy atom. The van der Waals surface area contributed by atoms with Crippen LogP contribution in [0.15, 0.2) is 66.7 Å². The fourth-order valence-electron chi connectivity index (χ4n) is 4.11. The largest absolute Gasteiger partial charge is 0.491 e. The lowest BCUT2D eigenvalue weighted by Gasteiger charge is -2.35. The fourth-order valence-corrected chi connectivity index (χ4v) is 4.11. The van der Waals surface area contributed by atoms with Crippen molar-refractivity contribution < 1.29 is 14.3 Å². The predicted octanol–water partition coefficient (Wildman–Crippen LogP) is 4.43. The van der Waals surface area contributed by atoms with E-state index >= 15 is 0 Å². The maximum Gasteiger partial charge on any atom is 0.251 e. The van der Waals surface area contributed by atoms with Crippen LogP contribution in [0.4, 0.5) is 0 Å². The summed E-state index contributed by atoms with van der Waals surface area (Å²) < 4.78 is 11.2. The van der Waals surface area contributed by atoms with Gasteiger partial charge in [-0.05, 0) is 54.4 Å². The first-order valence-corrected chi connectivity index (χ1v) is 11.0. The fraction of sp³-hybridized carbons (Fsp3) is 0.346. The van der Waals surface area contributed by atoms with Gasteiger partial charge in [0.1, 0.15) is 5.75 Å². The molecule has 1 saturated heterocycles. The molecule has 1 heterocycles. The topological polar surface area (TPSA) is 50.8 Å². The van der Waals surface area contributed by atoms with Crippen LogP contribution in [0.2, 0.25) is 0 Å². The Bertz CT molecular complexity index is 1010. The summed E-state index contributed by atoms with van der Waals surface area (Å²) in [5, 5.41) is 5.60. The molecule has 0 spiro atoms. The van der Waals surface area contributed by atoms with Crippen LogP contribution in [-0.2, 0) is 4.74 Å². The predicted molar refractivity (Wildman–Crippen MR) is 124 cm³/mol. The summed E-state index contributed by atoms with van der Waals surface area (Å²) in [6, 6.07) is 22.2. The minimum atomic E-state index is -0.0745. The van der Waals surface area contributed by atoms with Gasteiger partial charge >= 0.3 is 0 Å². The summed E-state index contributed by atoms with van der Waals surface area (Å²) in [7, 11) is 0. The molecule has 3 aromatic rings. The molecule has 3 aromatic carbocycles. The summed E-state index contributed by atoms with van der Waals surface area (Å²) in [4.78, 5) is 15.3. The Labute approximate surface area is 184 Å². The highest BCUT2D eigenvalue weighted by Crippen LogP contribution is 2.29. The normalized spacial score (nSPS) is 15.7. The lowest BCUT2D eigenvalue weighted by molar-refractivity contribution is 0.0165. The summed E-state index contributed by atoms with van der Waals surface area (Å²) in [6.07, 6.45) is 0.106.